The van der Waals surface area contributed by atoms with Crippen molar-refractivity contribution in [1.82, 2.24) is 14.5 Å². The van der Waals surface area contributed by atoms with Crippen LogP contribution in [-0.4, -0.2) is 68.7 Å². The number of anilines is 1. The first-order chi connectivity index (χ1) is 14.5. The van der Waals surface area contributed by atoms with Crippen LogP contribution in [0.4, 0.5) is 5.95 Å². The van der Waals surface area contributed by atoms with Crippen molar-refractivity contribution in [2.45, 2.75) is 31.0 Å². The Hall–Kier alpha value is -1.29. The van der Waals surface area contributed by atoms with Gasteiger partial charge < -0.3 is 44.8 Å². The van der Waals surface area contributed by atoms with Crippen LogP contribution in [0.15, 0.2) is 18.5 Å². The van der Waals surface area contributed by atoms with Crippen LogP contribution in [0.3, 0.4) is 0 Å². The maximum absolute atomic E-state index is 11.9. The Bertz CT molecular complexity index is 1150. The van der Waals surface area contributed by atoms with Gasteiger partial charge in [0.15, 0.2) is 6.23 Å². The van der Waals surface area contributed by atoms with E-state index in [-0.39, 0.29) is 11.6 Å². The zero-order valence-electron chi connectivity index (χ0n) is 16.0. The van der Waals surface area contributed by atoms with E-state index in [1.165, 1.54) is 23.9 Å². The smallest absolute Gasteiger partial charge is 0.387 e. The van der Waals surface area contributed by atoms with E-state index in [1.54, 1.807) is 6.07 Å². The number of ether oxygens (including phenoxy) is 1. The van der Waals surface area contributed by atoms with Crippen LogP contribution >= 0.6 is 23.5 Å². The van der Waals surface area contributed by atoms with Gasteiger partial charge in [0.2, 0.25) is 5.95 Å². The standard InChI is InChI=1S/C12H19N4O13P3/c1-12(18)8(17)7(5-26-31(22,23)29-32(24,25)28-30(19,20)21)27-10(12)16-3-2-6-4-14-11(13)15-9(6)16/h2-4,7-8,10,17-18H,5H2,1H3,(H,22,23)(H,24,25)(H2,13,14,15)(H2,19,20,21)/t7-,8-,10-,12-/m1/s1. The van der Waals surface area contributed by atoms with E-state index in [0.29, 0.717) is 5.39 Å². The zero-order chi connectivity index (χ0) is 24.1. The highest BCUT2D eigenvalue weighted by Crippen LogP contribution is 2.66. The summed E-state index contributed by atoms with van der Waals surface area (Å²) in [4.78, 5) is 43.6. The number of aliphatic hydroxyl groups excluding tert-OH is 1. The monoisotopic (exact) mass is 520 g/mol. The largest absolute Gasteiger partial charge is 0.490 e. The molecule has 0 saturated carbocycles. The highest BCUT2D eigenvalue weighted by atomic mass is 31.3. The van der Waals surface area contributed by atoms with Crippen LogP contribution in [-0.2, 0) is 31.6 Å². The Morgan fingerprint density at radius 2 is 1.88 bits per heavy atom. The number of phosphoric ester groups is 1. The fourth-order valence-electron chi connectivity index (χ4n) is 2.99. The van der Waals surface area contributed by atoms with Gasteiger partial charge in [0.1, 0.15) is 23.5 Å². The second-order valence-electron chi connectivity index (χ2n) is 6.81. The average Bonchev–Trinajstić information content (AvgIpc) is 3.09. The summed E-state index contributed by atoms with van der Waals surface area (Å²) in [6, 6.07) is 1.58. The lowest BCUT2D eigenvalue weighted by atomic mass is 9.96. The third-order valence-electron chi connectivity index (χ3n) is 4.30. The molecule has 0 amide bonds. The number of phosphoric acid groups is 3. The number of hydrogen-bond donors (Lipinski definition) is 7. The van der Waals surface area contributed by atoms with Crippen molar-refractivity contribution in [3.05, 3.63) is 18.5 Å². The summed E-state index contributed by atoms with van der Waals surface area (Å²) in [5, 5.41) is 21.7. The Kier molecular flexibility index (Phi) is 6.72. The van der Waals surface area contributed by atoms with Crippen LogP contribution in [0, 0.1) is 0 Å². The van der Waals surface area contributed by atoms with Crippen molar-refractivity contribution < 1.29 is 61.4 Å². The van der Waals surface area contributed by atoms with E-state index < -0.39 is 54.1 Å². The topological polar surface area (TPSA) is 266 Å². The maximum Gasteiger partial charge on any atom is 0.490 e. The average molecular weight is 520 g/mol. The molecule has 2 aromatic rings. The van der Waals surface area contributed by atoms with Crippen LogP contribution in [0.2, 0.25) is 0 Å². The predicted octanol–water partition coefficient (Wildman–Crippen LogP) is -0.634. The molecule has 0 aromatic carbocycles. The number of hydrogen-bond acceptors (Lipinski definition) is 12. The molecule has 2 unspecified atom stereocenters. The lowest BCUT2D eigenvalue weighted by molar-refractivity contribution is -0.0947. The molecule has 1 saturated heterocycles. The van der Waals surface area contributed by atoms with E-state index in [0.717, 1.165) is 0 Å². The molecule has 0 bridgehead atoms. The van der Waals surface area contributed by atoms with Gasteiger partial charge in [0.05, 0.1) is 6.61 Å². The summed E-state index contributed by atoms with van der Waals surface area (Å²) < 4.78 is 52.5. The normalized spacial score (nSPS) is 30.3. The number of rotatable bonds is 8. The van der Waals surface area contributed by atoms with Gasteiger partial charge in [-0.05, 0) is 13.0 Å². The number of nitrogens with zero attached hydrogens (tertiary/aromatic N) is 3. The summed E-state index contributed by atoms with van der Waals surface area (Å²) in [6.45, 7) is 0.261. The summed E-state index contributed by atoms with van der Waals surface area (Å²) in [5.41, 5.74) is 3.85. The molecule has 1 aliphatic rings. The van der Waals surface area contributed by atoms with Crippen molar-refractivity contribution in [1.29, 1.82) is 0 Å². The SMILES string of the molecule is C[C@@]1(O)[C@H](O)[C@@H](COP(=O)(O)OP(=O)(O)OP(=O)(O)O)O[C@H]1n1ccc2cnc(N)nc21. The minimum Gasteiger partial charge on any atom is -0.387 e. The van der Waals surface area contributed by atoms with E-state index in [2.05, 4.69) is 23.1 Å². The zero-order valence-corrected chi connectivity index (χ0v) is 18.7. The second-order valence-corrected chi connectivity index (χ2v) is 11.2. The molecule has 0 radical (unpaired) electrons. The Labute approximate surface area is 178 Å². The van der Waals surface area contributed by atoms with Gasteiger partial charge in [0.25, 0.3) is 0 Å². The van der Waals surface area contributed by atoms with Gasteiger partial charge >= 0.3 is 23.5 Å². The lowest BCUT2D eigenvalue weighted by Gasteiger charge is -2.27. The van der Waals surface area contributed by atoms with Crippen molar-refractivity contribution >= 4 is 40.4 Å². The Morgan fingerprint density at radius 1 is 1.22 bits per heavy atom. The summed E-state index contributed by atoms with van der Waals surface area (Å²) in [6.07, 6.45) is -1.55. The molecule has 0 spiro atoms. The molecule has 17 nitrogen and oxygen atoms in total. The maximum atomic E-state index is 11.9. The number of aliphatic hydroxyl groups is 2. The van der Waals surface area contributed by atoms with Crippen molar-refractivity contribution in [3.63, 3.8) is 0 Å². The minimum absolute atomic E-state index is 0.0696. The van der Waals surface area contributed by atoms with Crippen LogP contribution in [0.25, 0.3) is 11.0 Å². The van der Waals surface area contributed by atoms with E-state index in [9.17, 15) is 28.8 Å². The van der Waals surface area contributed by atoms with E-state index in [1.807, 2.05) is 0 Å². The first-order valence-corrected chi connectivity index (χ1v) is 13.0. The predicted molar refractivity (Wildman–Crippen MR) is 102 cm³/mol. The van der Waals surface area contributed by atoms with Crippen LogP contribution in [0.5, 0.6) is 0 Å². The first-order valence-electron chi connectivity index (χ1n) is 8.44. The number of fused-ring (bicyclic) bond motifs is 1. The quantitative estimate of drug-likeness (QED) is 0.213. The van der Waals surface area contributed by atoms with Gasteiger partial charge in [-0.15, -0.1) is 0 Å². The number of aromatic nitrogens is 3. The molecular formula is C12H19N4O13P3. The highest BCUT2D eigenvalue weighted by Gasteiger charge is 2.54. The first kappa shape index (κ1) is 25.3. The molecule has 3 heterocycles. The van der Waals surface area contributed by atoms with Gasteiger partial charge in [-0.2, -0.15) is 13.6 Å². The Balaban J connectivity index is 1.74. The Morgan fingerprint density at radius 3 is 2.50 bits per heavy atom. The number of nitrogens with two attached hydrogens (primary N) is 1. The van der Waals surface area contributed by atoms with Crippen LogP contribution < -0.4 is 5.73 Å². The molecule has 3 rings (SSSR count). The van der Waals surface area contributed by atoms with Crippen molar-refractivity contribution in [2.75, 3.05) is 12.3 Å². The number of nitrogen functional groups attached to an aromatic ring is 1. The molecule has 0 aliphatic carbocycles. The van der Waals surface area contributed by atoms with Crippen LogP contribution in [0.1, 0.15) is 13.2 Å². The molecule has 20 heteroatoms. The molecule has 32 heavy (non-hydrogen) atoms. The lowest BCUT2D eigenvalue weighted by Crippen LogP contribution is -2.44. The van der Waals surface area contributed by atoms with Crippen molar-refractivity contribution in [3.8, 4) is 0 Å². The van der Waals surface area contributed by atoms with Gasteiger partial charge in [-0.3, -0.25) is 4.52 Å². The molecule has 6 atom stereocenters. The fourth-order valence-corrected chi connectivity index (χ4v) is 6.02. The summed E-state index contributed by atoms with van der Waals surface area (Å²) >= 11 is 0. The van der Waals surface area contributed by atoms with Gasteiger partial charge in [0, 0.05) is 17.8 Å². The molecule has 180 valence electrons. The fraction of sp³-hybridized carbons (Fsp3) is 0.500. The van der Waals surface area contributed by atoms with E-state index >= 15 is 0 Å². The summed E-state index contributed by atoms with van der Waals surface area (Å²) in [5.74, 6) is -0.0696. The molecule has 1 fully saturated rings. The van der Waals surface area contributed by atoms with Crippen molar-refractivity contribution in [2.24, 2.45) is 0 Å². The van der Waals surface area contributed by atoms with E-state index in [4.69, 9.17) is 25.2 Å². The minimum atomic E-state index is -5.71. The molecule has 2 aromatic heterocycles. The molecule has 8 N–H and O–H groups in total. The summed E-state index contributed by atoms with van der Waals surface area (Å²) in [7, 11) is -16.7. The molecular weight excluding hydrogens is 501 g/mol. The third kappa shape index (κ3) is 5.61. The molecule has 1 aliphatic heterocycles. The highest BCUT2D eigenvalue weighted by molar-refractivity contribution is 7.66. The second kappa shape index (κ2) is 8.49. The van der Waals surface area contributed by atoms with Gasteiger partial charge in [-0.1, -0.05) is 0 Å². The third-order valence-corrected chi connectivity index (χ3v) is 8.10. The van der Waals surface area contributed by atoms with Gasteiger partial charge in [-0.25, -0.2) is 18.7 Å².